The van der Waals surface area contributed by atoms with Crippen molar-refractivity contribution in [2.45, 2.75) is 38.1 Å². The normalized spacial score (nSPS) is 16.1. The molecule has 3 nitrogen and oxygen atoms in total. The lowest BCUT2D eigenvalue weighted by molar-refractivity contribution is 0.282. The van der Waals surface area contributed by atoms with Crippen LogP contribution in [0.15, 0.2) is 12.3 Å². The van der Waals surface area contributed by atoms with E-state index >= 15 is 0 Å². The van der Waals surface area contributed by atoms with E-state index < -0.39 is 0 Å². The van der Waals surface area contributed by atoms with Crippen LogP contribution < -0.4 is 0 Å². The number of fused-ring (bicyclic) bond motifs is 1. The summed E-state index contributed by atoms with van der Waals surface area (Å²) in [5.41, 5.74) is 1.74. The van der Waals surface area contributed by atoms with Gasteiger partial charge in [-0.3, -0.25) is 0 Å². The number of halogens is 2. The molecule has 0 saturated heterocycles. The summed E-state index contributed by atoms with van der Waals surface area (Å²) in [4.78, 5) is 8.88. The second-order valence-electron chi connectivity index (χ2n) is 4.90. The number of hydrogen-bond acceptors (Lipinski definition) is 2. The maximum absolute atomic E-state index is 5.96. The summed E-state index contributed by atoms with van der Waals surface area (Å²) in [6.45, 7) is 0.956. The highest BCUT2D eigenvalue weighted by molar-refractivity contribution is 6.31. The summed E-state index contributed by atoms with van der Waals surface area (Å²) < 4.78 is 2.14. The van der Waals surface area contributed by atoms with Gasteiger partial charge in [-0.15, -0.1) is 11.6 Å². The van der Waals surface area contributed by atoms with Gasteiger partial charge in [-0.2, -0.15) is 0 Å². The second-order valence-corrected chi connectivity index (χ2v) is 5.60. The van der Waals surface area contributed by atoms with E-state index in [1.807, 2.05) is 6.07 Å². The molecule has 0 unspecified atom stereocenters. The minimum atomic E-state index is 0.415. The van der Waals surface area contributed by atoms with Crippen LogP contribution in [0.2, 0.25) is 5.02 Å². The molecule has 2 aromatic heterocycles. The molecule has 1 aliphatic carbocycles. The van der Waals surface area contributed by atoms with E-state index in [4.69, 9.17) is 23.2 Å². The number of aromatic nitrogens is 3. The predicted molar refractivity (Wildman–Crippen MR) is 74.1 cm³/mol. The number of aryl methyl sites for hydroxylation is 1. The summed E-state index contributed by atoms with van der Waals surface area (Å²) >= 11 is 11.9. The van der Waals surface area contributed by atoms with Crippen molar-refractivity contribution in [1.82, 2.24) is 14.5 Å². The Kier molecular flexibility index (Phi) is 3.44. The van der Waals surface area contributed by atoms with E-state index in [1.54, 1.807) is 6.20 Å². The molecule has 3 rings (SSSR count). The van der Waals surface area contributed by atoms with Gasteiger partial charge in [0.25, 0.3) is 0 Å². The molecule has 18 heavy (non-hydrogen) atoms. The Morgan fingerprint density at radius 3 is 2.89 bits per heavy atom. The molecule has 1 fully saturated rings. The topological polar surface area (TPSA) is 30.7 Å². The van der Waals surface area contributed by atoms with Gasteiger partial charge in [0.1, 0.15) is 11.3 Å². The van der Waals surface area contributed by atoms with Crippen LogP contribution in [-0.2, 0) is 12.4 Å². The molecule has 0 aromatic carbocycles. The highest BCUT2D eigenvalue weighted by Gasteiger charge is 2.19. The molecule has 1 aliphatic rings. The molecule has 0 amide bonds. The first-order chi connectivity index (χ1) is 8.78. The average molecular weight is 284 g/mol. The number of alkyl halides is 1. The molecule has 2 aromatic rings. The molecule has 0 atom stereocenters. The average Bonchev–Trinajstić information content (AvgIpc) is 2.64. The van der Waals surface area contributed by atoms with Gasteiger partial charge < -0.3 is 4.57 Å². The van der Waals surface area contributed by atoms with Gasteiger partial charge >= 0.3 is 0 Å². The summed E-state index contributed by atoms with van der Waals surface area (Å²) in [5.74, 6) is 2.18. The quantitative estimate of drug-likeness (QED) is 0.794. The highest BCUT2D eigenvalue weighted by atomic mass is 35.5. The zero-order valence-electron chi connectivity index (χ0n) is 10.1. The first kappa shape index (κ1) is 12.2. The molecule has 0 bridgehead atoms. The Hall–Kier alpha value is -0.800. The van der Waals surface area contributed by atoms with Gasteiger partial charge in [0.2, 0.25) is 0 Å². The smallest absolute Gasteiger partial charge is 0.160 e. The second kappa shape index (κ2) is 5.06. The van der Waals surface area contributed by atoms with Gasteiger partial charge in [0, 0.05) is 12.7 Å². The minimum Gasteiger partial charge on any atom is -0.312 e. The summed E-state index contributed by atoms with van der Waals surface area (Å²) in [7, 11) is 0. The highest BCUT2D eigenvalue weighted by Crippen LogP contribution is 2.30. The van der Waals surface area contributed by atoms with Crippen LogP contribution in [-0.4, -0.2) is 14.5 Å². The van der Waals surface area contributed by atoms with Gasteiger partial charge in [-0.25, -0.2) is 9.97 Å². The number of imidazole rings is 1. The Morgan fingerprint density at radius 2 is 2.22 bits per heavy atom. The molecular weight excluding hydrogens is 269 g/mol. The standard InChI is InChI=1S/C13H15Cl2N3/c14-7-12-17-11-6-10(15)8-16-13(11)18(12)5-4-9-2-1-3-9/h6,8-9H,1-5,7H2. The number of nitrogens with zero attached hydrogens (tertiary/aromatic N) is 3. The van der Waals surface area contributed by atoms with Crippen LogP contribution in [0.3, 0.4) is 0 Å². The summed E-state index contributed by atoms with van der Waals surface area (Å²) in [6, 6.07) is 1.85. The van der Waals surface area contributed by atoms with Crippen LogP contribution in [0.25, 0.3) is 11.2 Å². The lowest BCUT2D eigenvalue weighted by Crippen LogP contribution is -2.15. The van der Waals surface area contributed by atoms with Crippen molar-refractivity contribution in [1.29, 1.82) is 0 Å². The third-order valence-corrected chi connectivity index (χ3v) is 4.18. The zero-order valence-corrected chi connectivity index (χ0v) is 11.6. The van der Waals surface area contributed by atoms with Crippen molar-refractivity contribution in [3.63, 3.8) is 0 Å². The lowest BCUT2D eigenvalue weighted by Gasteiger charge is -2.25. The molecule has 5 heteroatoms. The minimum absolute atomic E-state index is 0.415. The van der Waals surface area contributed by atoms with Gasteiger partial charge in [-0.1, -0.05) is 30.9 Å². The number of pyridine rings is 1. The predicted octanol–water partition coefficient (Wildman–Crippen LogP) is 4.01. The van der Waals surface area contributed by atoms with Crippen LogP contribution >= 0.6 is 23.2 Å². The van der Waals surface area contributed by atoms with E-state index in [0.717, 1.165) is 29.5 Å². The molecule has 0 aliphatic heterocycles. The van der Waals surface area contributed by atoms with Gasteiger partial charge in [0.05, 0.1) is 10.9 Å². The van der Waals surface area contributed by atoms with Crippen molar-refractivity contribution >= 4 is 34.4 Å². The number of hydrogen-bond donors (Lipinski definition) is 0. The molecule has 96 valence electrons. The van der Waals surface area contributed by atoms with E-state index in [1.165, 1.54) is 25.7 Å². The van der Waals surface area contributed by atoms with E-state index in [-0.39, 0.29) is 0 Å². The first-order valence-corrected chi connectivity index (χ1v) is 7.26. The third-order valence-electron chi connectivity index (χ3n) is 3.74. The van der Waals surface area contributed by atoms with Crippen molar-refractivity contribution in [3.05, 3.63) is 23.1 Å². The molecule has 0 radical (unpaired) electrons. The van der Waals surface area contributed by atoms with E-state index in [0.29, 0.717) is 10.9 Å². The van der Waals surface area contributed by atoms with Crippen molar-refractivity contribution in [2.75, 3.05) is 0 Å². The molecule has 2 heterocycles. The van der Waals surface area contributed by atoms with Crippen LogP contribution in [0.5, 0.6) is 0 Å². The maximum Gasteiger partial charge on any atom is 0.160 e. The fourth-order valence-corrected chi connectivity index (χ4v) is 2.82. The van der Waals surface area contributed by atoms with Crippen LogP contribution in [0.1, 0.15) is 31.5 Å². The molecule has 0 N–H and O–H groups in total. The Bertz CT molecular complexity index is 561. The fourth-order valence-electron chi connectivity index (χ4n) is 2.46. The van der Waals surface area contributed by atoms with E-state index in [9.17, 15) is 0 Å². The van der Waals surface area contributed by atoms with E-state index in [2.05, 4.69) is 14.5 Å². The summed E-state index contributed by atoms with van der Waals surface area (Å²) in [5, 5.41) is 0.618. The Labute approximate surface area is 116 Å². The van der Waals surface area contributed by atoms with Gasteiger partial charge in [0.15, 0.2) is 5.65 Å². The Morgan fingerprint density at radius 1 is 1.39 bits per heavy atom. The molecular formula is C13H15Cl2N3. The lowest BCUT2D eigenvalue weighted by atomic mass is 9.83. The zero-order chi connectivity index (χ0) is 12.5. The fraction of sp³-hybridized carbons (Fsp3) is 0.538. The maximum atomic E-state index is 5.96. The largest absolute Gasteiger partial charge is 0.312 e. The first-order valence-electron chi connectivity index (χ1n) is 6.34. The molecule has 0 spiro atoms. The molecule has 1 saturated carbocycles. The van der Waals surface area contributed by atoms with Gasteiger partial charge in [-0.05, 0) is 18.4 Å². The number of rotatable bonds is 4. The third kappa shape index (κ3) is 2.21. The van der Waals surface area contributed by atoms with Crippen LogP contribution in [0.4, 0.5) is 0 Å². The van der Waals surface area contributed by atoms with Crippen molar-refractivity contribution in [3.8, 4) is 0 Å². The monoisotopic (exact) mass is 283 g/mol. The van der Waals surface area contributed by atoms with Crippen LogP contribution in [0, 0.1) is 5.92 Å². The van der Waals surface area contributed by atoms with Crippen molar-refractivity contribution in [2.24, 2.45) is 5.92 Å². The summed E-state index contributed by atoms with van der Waals surface area (Å²) in [6.07, 6.45) is 6.97. The van der Waals surface area contributed by atoms with Crippen molar-refractivity contribution < 1.29 is 0 Å². The Balaban J connectivity index is 1.91. The SMILES string of the molecule is ClCc1nc2cc(Cl)cnc2n1CCC1CCC1.